The number of nitrogens with two attached hydrogens (primary N) is 1. The number of aromatic amines is 1. The molecule has 1 fully saturated rings. The van der Waals surface area contributed by atoms with E-state index < -0.39 is 77.5 Å². The van der Waals surface area contributed by atoms with Gasteiger partial charge in [-0.05, 0) is 20.8 Å². The number of phosphoric acid groups is 3. The average molecular weight is 830 g/mol. The highest BCUT2D eigenvalue weighted by molar-refractivity contribution is 8.76. The number of H-pyrrole nitrogens is 1. The van der Waals surface area contributed by atoms with Crippen molar-refractivity contribution in [1.82, 2.24) is 20.2 Å². The fourth-order valence-electron chi connectivity index (χ4n) is 3.68. The van der Waals surface area contributed by atoms with Gasteiger partial charge in [0.2, 0.25) is 0 Å². The Balaban J connectivity index is 1.87. The molecule has 0 aliphatic carbocycles. The third-order valence-corrected chi connectivity index (χ3v) is 11.6. The number of alkyl carbamates (subject to hydrolysis) is 2. The van der Waals surface area contributed by atoms with Gasteiger partial charge < -0.3 is 54.9 Å². The number of amides is 2. The van der Waals surface area contributed by atoms with Crippen molar-refractivity contribution < 1.29 is 75.0 Å². The topological polar surface area (TPSA) is 336 Å². The van der Waals surface area contributed by atoms with E-state index >= 15 is 0 Å². The summed E-state index contributed by atoms with van der Waals surface area (Å²) in [6.45, 7) is 4.26. The Bertz CT molecular complexity index is 1670. The van der Waals surface area contributed by atoms with Crippen LogP contribution in [0.4, 0.5) is 9.59 Å². The quantitative estimate of drug-likeness (QED) is 0.0327. The summed E-state index contributed by atoms with van der Waals surface area (Å²) in [4.78, 5) is 86.8. The van der Waals surface area contributed by atoms with Crippen molar-refractivity contribution in [2.45, 2.75) is 51.2 Å². The molecule has 1 aromatic heterocycles. The Morgan fingerprint density at radius 3 is 2.41 bits per heavy atom. The van der Waals surface area contributed by atoms with E-state index in [1.165, 1.54) is 21.6 Å². The summed E-state index contributed by atoms with van der Waals surface area (Å²) in [5, 5.41) is 5.00. The molecule has 5 atom stereocenters. The van der Waals surface area contributed by atoms with E-state index in [0.717, 1.165) is 10.8 Å². The van der Waals surface area contributed by atoms with E-state index in [-0.39, 0.29) is 31.9 Å². The zero-order valence-corrected chi connectivity index (χ0v) is 31.5. The molecule has 51 heavy (non-hydrogen) atoms. The van der Waals surface area contributed by atoms with Gasteiger partial charge in [0.25, 0.3) is 5.56 Å². The van der Waals surface area contributed by atoms with Crippen molar-refractivity contribution in [1.29, 1.82) is 0 Å². The number of hydrogen-bond acceptors (Lipinski definition) is 17. The van der Waals surface area contributed by atoms with E-state index in [4.69, 9.17) is 34.5 Å². The maximum Gasteiger partial charge on any atom is 0.490 e. The van der Waals surface area contributed by atoms with Gasteiger partial charge in [-0.3, -0.25) is 18.9 Å². The average Bonchev–Trinajstić information content (AvgIpc) is 3.36. The highest BCUT2D eigenvalue weighted by Crippen LogP contribution is 2.66. The lowest BCUT2D eigenvalue weighted by Gasteiger charge is -2.20. The molecular weight excluding hydrogens is 791 g/mol. The number of nitrogens with zero attached hydrogens (tertiary/aromatic N) is 1. The smallest absolute Gasteiger partial charge is 0.449 e. The number of hydrogen-bond donors (Lipinski definition) is 8. The largest absolute Gasteiger partial charge is 0.490 e. The summed E-state index contributed by atoms with van der Waals surface area (Å²) >= 11 is 0. The number of carbonyl (C=O) groups excluding carboxylic acids is 2. The Morgan fingerprint density at radius 2 is 1.76 bits per heavy atom. The van der Waals surface area contributed by atoms with Crippen molar-refractivity contribution in [2.75, 3.05) is 44.5 Å². The molecule has 23 nitrogen and oxygen atoms in total. The van der Waals surface area contributed by atoms with E-state index in [2.05, 4.69) is 40.6 Å². The standard InChI is InChI=1S/C23H38N5O18P3S2/c1-23(2,3)44-22(32)26-7-9-50-51-10-8-40-21(31)25-6-4-5-15-12-28(20(30)27-19(15)29)18-11-16(41-14-24)17(43-18)13-42-48(36,37)46-49(38,39)45-47(33,34)35/h12,16-18H,6-11,13-14,24H2,1-3H3,(H,25,31)(H,26,32)(H,36,37)(H,38,39)(H,27,29,30)(H2,33,34,35)/t16-,17?,18-/m1/s1. The number of nitrogens with one attached hydrogen (secondary N) is 3. The Labute approximate surface area is 297 Å². The molecule has 0 bridgehead atoms. The maximum absolute atomic E-state index is 12.6. The molecule has 2 rings (SSSR count). The van der Waals surface area contributed by atoms with Gasteiger partial charge in [0.05, 0.1) is 26.0 Å². The van der Waals surface area contributed by atoms with Crippen LogP contribution in [0.1, 0.15) is 39.0 Å². The molecule has 0 radical (unpaired) electrons. The molecule has 3 unspecified atom stereocenters. The summed E-state index contributed by atoms with van der Waals surface area (Å²) in [6, 6.07) is 0. The number of carbonyl (C=O) groups is 2. The molecule has 0 saturated carbocycles. The summed E-state index contributed by atoms with van der Waals surface area (Å²) in [7, 11) is -14.0. The molecule has 1 aliphatic heterocycles. The van der Waals surface area contributed by atoms with Crippen LogP contribution in [0, 0.1) is 11.8 Å². The fraction of sp³-hybridized carbons (Fsp3) is 0.652. The first-order chi connectivity index (χ1) is 23.6. The van der Waals surface area contributed by atoms with Crippen molar-refractivity contribution >= 4 is 57.2 Å². The van der Waals surface area contributed by atoms with Gasteiger partial charge in [-0.15, -0.1) is 0 Å². The van der Waals surface area contributed by atoms with Gasteiger partial charge in [-0.2, -0.15) is 8.62 Å². The Morgan fingerprint density at radius 1 is 1.08 bits per heavy atom. The van der Waals surface area contributed by atoms with Crippen LogP contribution in [0.5, 0.6) is 0 Å². The molecule has 1 aliphatic rings. The molecule has 28 heteroatoms. The highest BCUT2D eigenvalue weighted by Gasteiger charge is 2.43. The monoisotopic (exact) mass is 829 g/mol. The van der Waals surface area contributed by atoms with Crippen molar-refractivity contribution in [3.05, 3.63) is 32.6 Å². The van der Waals surface area contributed by atoms with E-state index in [9.17, 15) is 42.7 Å². The second-order valence-electron chi connectivity index (χ2n) is 10.7. The summed E-state index contributed by atoms with van der Waals surface area (Å²) in [6.07, 6.45) is -3.82. The lowest BCUT2D eigenvalue weighted by atomic mass is 10.2. The summed E-state index contributed by atoms with van der Waals surface area (Å²) in [5.41, 5.74) is 2.82. The van der Waals surface area contributed by atoms with Gasteiger partial charge in [0.1, 0.15) is 30.1 Å². The first kappa shape index (κ1) is 44.9. The molecule has 0 aromatic carbocycles. The Hall–Kier alpha value is -2.23. The normalized spacial score (nSPS) is 20.0. The number of phosphoric ester groups is 1. The van der Waals surface area contributed by atoms with Crippen molar-refractivity contribution in [3.8, 4) is 11.8 Å². The minimum atomic E-state index is -5.77. The van der Waals surface area contributed by atoms with Gasteiger partial charge >= 0.3 is 41.3 Å². The van der Waals surface area contributed by atoms with E-state index in [1.54, 1.807) is 20.8 Å². The summed E-state index contributed by atoms with van der Waals surface area (Å²) in [5.74, 6) is 6.10. The van der Waals surface area contributed by atoms with Crippen LogP contribution < -0.4 is 27.6 Å². The second kappa shape index (κ2) is 20.3. The first-order valence-corrected chi connectivity index (χ1v) is 21.3. The zero-order chi connectivity index (χ0) is 38.5. The molecule has 1 aromatic rings. The molecule has 2 amide bonds. The van der Waals surface area contributed by atoms with E-state index in [0.29, 0.717) is 18.1 Å². The Kier molecular flexibility index (Phi) is 17.9. The fourth-order valence-corrected chi connectivity index (χ4v) is 8.44. The first-order valence-electron chi connectivity index (χ1n) is 14.3. The van der Waals surface area contributed by atoms with Crippen LogP contribution >= 0.6 is 45.1 Å². The SMILES string of the molecule is CC(C)(C)OC(=O)NCCSSCCOC(=O)NCC#Cc1cn([C@H]2C[C@@H](OCN)C(COP(=O)(O)OP(=O)(O)OP(=O)(O)O)O2)c(=O)[nH]c1=O. The minimum Gasteiger partial charge on any atom is -0.449 e. The predicted molar refractivity (Wildman–Crippen MR) is 179 cm³/mol. The third-order valence-electron chi connectivity index (χ3n) is 5.47. The van der Waals surface area contributed by atoms with Gasteiger partial charge in [-0.25, -0.2) is 28.1 Å². The van der Waals surface area contributed by atoms with Crippen LogP contribution in [0.3, 0.4) is 0 Å². The van der Waals surface area contributed by atoms with Crippen LogP contribution in [-0.2, 0) is 45.8 Å². The second-order valence-corrected chi connectivity index (χ2v) is 17.8. The van der Waals surface area contributed by atoms with Crippen LogP contribution in [0.25, 0.3) is 0 Å². The highest BCUT2D eigenvalue weighted by atomic mass is 33.1. The third kappa shape index (κ3) is 18.4. The lowest BCUT2D eigenvalue weighted by Crippen LogP contribution is -2.34. The van der Waals surface area contributed by atoms with Gasteiger partial charge in [0, 0.05) is 30.7 Å². The molecule has 1 saturated heterocycles. The van der Waals surface area contributed by atoms with Crippen LogP contribution in [0.15, 0.2) is 15.8 Å². The number of ether oxygens (including phenoxy) is 4. The molecule has 290 valence electrons. The predicted octanol–water partition coefficient (Wildman–Crippen LogP) is 0.453. The molecule has 0 spiro atoms. The summed E-state index contributed by atoms with van der Waals surface area (Å²) < 4.78 is 68.5. The maximum atomic E-state index is 12.6. The zero-order valence-electron chi connectivity index (χ0n) is 27.2. The van der Waals surface area contributed by atoms with Crippen molar-refractivity contribution in [2.24, 2.45) is 5.73 Å². The van der Waals surface area contributed by atoms with E-state index in [1.807, 2.05) is 0 Å². The van der Waals surface area contributed by atoms with Crippen molar-refractivity contribution in [3.63, 3.8) is 0 Å². The van der Waals surface area contributed by atoms with Gasteiger partial charge in [0.15, 0.2) is 0 Å². The van der Waals surface area contributed by atoms with Crippen LogP contribution in [0.2, 0.25) is 0 Å². The minimum absolute atomic E-state index is 0.0828. The number of aromatic nitrogens is 2. The van der Waals surface area contributed by atoms with Crippen LogP contribution in [-0.4, -0.2) is 104 Å². The molecule has 2 heterocycles. The lowest BCUT2D eigenvalue weighted by molar-refractivity contribution is -0.0602. The van der Waals surface area contributed by atoms with Gasteiger partial charge in [-0.1, -0.05) is 33.4 Å². The molecule has 9 N–H and O–H groups in total. The number of rotatable bonds is 18. The molecular formula is C23H38N5O18P3S2.